The summed E-state index contributed by atoms with van der Waals surface area (Å²) in [7, 11) is 0. The van der Waals surface area contributed by atoms with Gasteiger partial charge in [-0.25, -0.2) is 0 Å². The third kappa shape index (κ3) is 3.59. The highest BCUT2D eigenvalue weighted by Gasteiger charge is 2.44. The number of aryl methyl sites for hydroxylation is 3. The summed E-state index contributed by atoms with van der Waals surface area (Å²) in [6.07, 6.45) is 2.80. The second-order valence-electron chi connectivity index (χ2n) is 8.24. The standard InChI is InChI=1S/C25H28N4O/c1-17-5-6-20(24-18(2)28-30-19(24)3)15-23(17)29(14-4-13-26)22-9-7-21(8-10-22)25(16-27)11-12-25/h5-10,15H,4,11-14,26H2,1-3H3. The van der Waals surface area contributed by atoms with Gasteiger partial charge < -0.3 is 15.2 Å². The number of nitrogens with two attached hydrogens (primary N) is 1. The smallest absolute Gasteiger partial charge is 0.141 e. The molecule has 2 aromatic carbocycles. The highest BCUT2D eigenvalue weighted by molar-refractivity contribution is 5.76. The van der Waals surface area contributed by atoms with Crippen molar-refractivity contribution < 1.29 is 4.52 Å². The minimum absolute atomic E-state index is 0.264. The van der Waals surface area contributed by atoms with Crippen molar-refractivity contribution in [1.82, 2.24) is 5.16 Å². The van der Waals surface area contributed by atoms with Gasteiger partial charge in [-0.1, -0.05) is 29.4 Å². The minimum atomic E-state index is -0.264. The first-order chi connectivity index (χ1) is 14.5. The van der Waals surface area contributed by atoms with Gasteiger partial charge in [-0.2, -0.15) is 5.26 Å². The second-order valence-corrected chi connectivity index (χ2v) is 8.24. The van der Waals surface area contributed by atoms with Gasteiger partial charge in [-0.05, 0) is 81.5 Å². The lowest BCUT2D eigenvalue weighted by Gasteiger charge is -2.27. The first-order valence-electron chi connectivity index (χ1n) is 10.5. The van der Waals surface area contributed by atoms with Crippen molar-refractivity contribution in [2.45, 2.75) is 45.4 Å². The summed E-state index contributed by atoms with van der Waals surface area (Å²) in [6.45, 7) is 7.51. The maximum Gasteiger partial charge on any atom is 0.141 e. The van der Waals surface area contributed by atoms with Gasteiger partial charge in [0.05, 0.1) is 17.2 Å². The van der Waals surface area contributed by atoms with Crippen LogP contribution in [0, 0.1) is 32.1 Å². The number of rotatable bonds is 7. The molecule has 1 saturated carbocycles. The van der Waals surface area contributed by atoms with Crippen LogP contribution in [-0.4, -0.2) is 18.2 Å². The monoisotopic (exact) mass is 400 g/mol. The molecule has 1 fully saturated rings. The summed E-state index contributed by atoms with van der Waals surface area (Å²) in [5.41, 5.74) is 13.2. The van der Waals surface area contributed by atoms with Gasteiger partial charge in [0.2, 0.25) is 0 Å². The van der Waals surface area contributed by atoms with Gasteiger partial charge in [0, 0.05) is 23.5 Å². The lowest BCUT2D eigenvalue weighted by Crippen LogP contribution is -2.22. The molecule has 0 aliphatic heterocycles. The molecule has 3 aromatic rings. The van der Waals surface area contributed by atoms with E-state index in [-0.39, 0.29) is 5.41 Å². The minimum Gasteiger partial charge on any atom is -0.361 e. The van der Waals surface area contributed by atoms with Crippen LogP contribution in [0.1, 0.15) is 41.8 Å². The maximum absolute atomic E-state index is 9.50. The zero-order valence-electron chi connectivity index (χ0n) is 17.9. The van der Waals surface area contributed by atoms with Crippen molar-refractivity contribution in [3.05, 3.63) is 65.0 Å². The molecule has 0 bridgehead atoms. The molecule has 1 aliphatic carbocycles. The normalized spacial score (nSPS) is 14.4. The van der Waals surface area contributed by atoms with E-state index in [2.05, 4.69) is 65.5 Å². The molecule has 0 unspecified atom stereocenters. The lowest BCUT2D eigenvalue weighted by molar-refractivity contribution is 0.393. The fourth-order valence-electron chi connectivity index (χ4n) is 4.14. The number of hydrogen-bond acceptors (Lipinski definition) is 5. The molecule has 0 spiro atoms. The van der Waals surface area contributed by atoms with Crippen molar-refractivity contribution in [3.8, 4) is 17.2 Å². The van der Waals surface area contributed by atoms with Gasteiger partial charge in [-0.3, -0.25) is 0 Å². The third-order valence-electron chi connectivity index (χ3n) is 6.10. The van der Waals surface area contributed by atoms with Crippen LogP contribution in [-0.2, 0) is 5.41 Å². The zero-order valence-corrected chi connectivity index (χ0v) is 17.9. The zero-order chi connectivity index (χ0) is 21.3. The van der Waals surface area contributed by atoms with Crippen molar-refractivity contribution in [1.29, 1.82) is 5.26 Å². The number of aromatic nitrogens is 1. The molecule has 1 aliphatic rings. The predicted molar refractivity (Wildman–Crippen MR) is 120 cm³/mol. The first kappa shape index (κ1) is 20.2. The molecular weight excluding hydrogens is 372 g/mol. The van der Waals surface area contributed by atoms with E-state index in [4.69, 9.17) is 10.3 Å². The van der Waals surface area contributed by atoms with Crippen LogP contribution in [0.3, 0.4) is 0 Å². The van der Waals surface area contributed by atoms with Crippen LogP contribution in [0.5, 0.6) is 0 Å². The molecule has 0 amide bonds. The Morgan fingerprint density at radius 1 is 1.13 bits per heavy atom. The van der Waals surface area contributed by atoms with Crippen LogP contribution in [0.4, 0.5) is 11.4 Å². The Kier molecular flexibility index (Phi) is 5.36. The largest absolute Gasteiger partial charge is 0.361 e. The van der Waals surface area contributed by atoms with E-state index in [0.29, 0.717) is 6.54 Å². The van der Waals surface area contributed by atoms with E-state index in [1.165, 1.54) is 5.56 Å². The fraction of sp³-hybridized carbons (Fsp3) is 0.360. The molecule has 2 N–H and O–H groups in total. The van der Waals surface area contributed by atoms with E-state index in [1.807, 2.05) is 13.8 Å². The van der Waals surface area contributed by atoms with Crippen molar-refractivity contribution in [2.24, 2.45) is 5.73 Å². The number of anilines is 2. The number of benzene rings is 2. The molecule has 5 nitrogen and oxygen atoms in total. The van der Waals surface area contributed by atoms with Gasteiger partial charge in [0.15, 0.2) is 0 Å². The second kappa shape index (κ2) is 7.97. The Morgan fingerprint density at radius 3 is 2.43 bits per heavy atom. The molecule has 5 heteroatoms. The summed E-state index contributed by atoms with van der Waals surface area (Å²) in [5.74, 6) is 0.825. The molecular formula is C25H28N4O. The molecule has 154 valence electrons. The SMILES string of the molecule is Cc1ccc(-c2c(C)noc2C)cc1N(CCCN)c1ccc(C2(C#N)CC2)cc1. The van der Waals surface area contributed by atoms with E-state index in [0.717, 1.165) is 65.3 Å². The average Bonchev–Trinajstić information content (AvgIpc) is 3.49. The van der Waals surface area contributed by atoms with Crippen molar-refractivity contribution in [3.63, 3.8) is 0 Å². The van der Waals surface area contributed by atoms with E-state index in [1.54, 1.807) is 0 Å². The molecule has 0 saturated heterocycles. The average molecular weight is 401 g/mol. The Balaban J connectivity index is 1.74. The topological polar surface area (TPSA) is 79.1 Å². The quantitative estimate of drug-likeness (QED) is 0.581. The van der Waals surface area contributed by atoms with E-state index in [9.17, 15) is 5.26 Å². The summed E-state index contributed by atoms with van der Waals surface area (Å²) >= 11 is 0. The van der Waals surface area contributed by atoms with Crippen molar-refractivity contribution >= 4 is 11.4 Å². The Bertz CT molecular complexity index is 1070. The Morgan fingerprint density at radius 2 is 1.87 bits per heavy atom. The van der Waals surface area contributed by atoms with E-state index < -0.39 is 0 Å². The third-order valence-corrected chi connectivity index (χ3v) is 6.10. The molecule has 4 rings (SSSR count). The van der Waals surface area contributed by atoms with Gasteiger partial charge in [0.25, 0.3) is 0 Å². The molecule has 0 radical (unpaired) electrons. The van der Waals surface area contributed by atoms with Crippen LogP contribution in [0.25, 0.3) is 11.1 Å². The van der Waals surface area contributed by atoms with Gasteiger partial charge in [-0.15, -0.1) is 0 Å². The van der Waals surface area contributed by atoms with Crippen LogP contribution >= 0.6 is 0 Å². The molecule has 1 heterocycles. The number of nitriles is 1. The summed E-state index contributed by atoms with van der Waals surface area (Å²) in [5, 5.41) is 13.6. The molecule has 1 aromatic heterocycles. The van der Waals surface area contributed by atoms with E-state index >= 15 is 0 Å². The highest BCUT2D eigenvalue weighted by atomic mass is 16.5. The summed E-state index contributed by atoms with van der Waals surface area (Å²) in [4.78, 5) is 2.32. The first-order valence-corrected chi connectivity index (χ1v) is 10.5. The Labute approximate surface area is 178 Å². The van der Waals surface area contributed by atoms with Gasteiger partial charge in [0.1, 0.15) is 5.76 Å². The number of nitrogens with zero attached hydrogens (tertiary/aromatic N) is 3. The molecule has 0 atom stereocenters. The van der Waals surface area contributed by atoms with Crippen LogP contribution in [0.15, 0.2) is 47.0 Å². The predicted octanol–water partition coefficient (Wildman–Crippen LogP) is 5.31. The summed E-state index contributed by atoms with van der Waals surface area (Å²) in [6, 6.07) is 17.4. The van der Waals surface area contributed by atoms with Gasteiger partial charge >= 0.3 is 0 Å². The maximum atomic E-state index is 9.50. The summed E-state index contributed by atoms with van der Waals surface area (Å²) < 4.78 is 5.38. The Hall–Kier alpha value is -3.10. The van der Waals surface area contributed by atoms with Crippen molar-refractivity contribution in [2.75, 3.05) is 18.0 Å². The fourth-order valence-corrected chi connectivity index (χ4v) is 4.14. The molecule has 30 heavy (non-hydrogen) atoms. The van der Waals surface area contributed by atoms with Crippen LogP contribution < -0.4 is 10.6 Å². The van der Waals surface area contributed by atoms with Crippen LogP contribution in [0.2, 0.25) is 0 Å². The lowest BCUT2D eigenvalue weighted by atomic mass is 9.97. The number of hydrogen-bond donors (Lipinski definition) is 1. The highest BCUT2D eigenvalue weighted by Crippen LogP contribution is 2.48.